The summed E-state index contributed by atoms with van der Waals surface area (Å²) >= 11 is 0. The van der Waals surface area contributed by atoms with E-state index in [2.05, 4.69) is 25.3 Å². The number of hydrogen-bond acceptors (Lipinski definition) is 3. The van der Waals surface area contributed by atoms with Crippen molar-refractivity contribution in [1.82, 2.24) is 9.55 Å². The van der Waals surface area contributed by atoms with E-state index < -0.39 is 10.0 Å². The van der Waals surface area contributed by atoms with Gasteiger partial charge < -0.3 is 4.57 Å². The van der Waals surface area contributed by atoms with Crippen LogP contribution < -0.4 is 4.31 Å². The van der Waals surface area contributed by atoms with Crippen molar-refractivity contribution < 1.29 is 8.42 Å². The lowest BCUT2D eigenvalue weighted by atomic mass is 9.85. The Bertz CT molecular complexity index is 1120. The van der Waals surface area contributed by atoms with Crippen LogP contribution in [0.5, 0.6) is 0 Å². The monoisotopic (exact) mass is 411 g/mol. The molecule has 6 heteroatoms. The number of anilines is 1. The van der Waals surface area contributed by atoms with Crippen LogP contribution in [0.15, 0.2) is 53.4 Å². The zero-order chi connectivity index (χ0) is 20.8. The van der Waals surface area contributed by atoms with E-state index in [1.165, 1.54) is 23.6 Å². The van der Waals surface area contributed by atoms with E-state index in [-0.39, 0.29) is 10.3 Å². The quantitative estimate of drug-likeness (QED) is 0.596. The Labute approximate surface area is 173 Å². The van der Waals surface area contributed by atoms with E-state index in [1.807, 2.05) is 24.3 Å². The van der Waals surface area contributed by atoms with Crippen molar-refractivity contribution in [2.24, 2.45) is 5.92 Å². The van der Waals surface area contributed by atoms with Gasteiger partial charge in [0.05, 0.1) is 21.6 Å². The molecule has 0 bridgehead atoms. The summed E-state index contributed by atoms with van der Waals surface area (Å²) in [4.78, 5) is 5.22. The highest BCUT2D eigenvalue weighted by Gasteiger charge is 2.27. The summed E-state index contributed by atoms with van der Waals surface area (Å²) in [6.45, 7) is 7.52. The fourth-order valence-electron chi connectivity index (χ4n) is 3.89. The molecule has 4 rings (SSSR count). The topological polar surface area (TPSA) is 55.2 Å². The summed E-state index contributed by atoms with van der Waals surface area (Å²) < 4.78 is 29.7. The maximum Gasteiger partial charge on any atom is 0.264 e. The molecule has 0 radical (unpaired) electrons. The molecule has 1 saturated carbocycles. The minimum atomic E-state index is -3.61. The van der Waals surface area contributed by atoms with Crippen LogP contribution in [0.25, 0.3) is 11.0 Å². The van der Waals surface area contributed by atoms with Gasteiger partial charge in [0.25, 0.3) is 10.0 Å². The minimum Gasteiger partial charge on any atom is -0.327 e. The van der Waals surface area contributed by atoms with Crippen LogP contribution in [0.4, 0.5) is 5.69 Å². The van der Waals surface area contributed by atoms with E-state index >= 15 is 0 Å². The molecule has 2 aromatic carbocycles. The van der Waals surface area contributed by atoms with Crippen LogP contribution in [0.2, 0.25) is 0 Å². The zero-order valence-electron chi connectivity index (χ0n) is 17.6. The maximum absolute atomic E-state index is 13.0. The van der Waals surface area contributed by atoms with E-state index in [4.69, 9.17) is 4.98 Å². The van der Waals surface area contributed by atoms with E-state index in [9.17, 15) is 8.42 Å². The van der Waals surface area contributed by atoms with Crippen molar-refractivity contribution in [1.29, 1.82) is 0 Å². The second-order valence-corrected chi connectivity index (χ2v) is 11.0. The summed E-state index contributed by atoms with van der Waals surface area (Å²) in [5.41, 5.74) is 2.47. The Balaban J connectivity index is 1.76. The largest absolute Gasteiger partial charge is 0.327 e. The number of fused-ring (bicyclic) bond motifs is 1. The summed E-state index contributed by atoms with van der Waals surface area (Å²) in [5, 5.41) is 0. The van der Waals surface area contributed by atoms with Gasteiger partial charge >= 0.3 is 0 Å². The molecule has 3 aromatic rings. The fourth-order valence-corrected chi connectivity index (χ4v) is 5.10. The number of imidazole rings is 1. The van der Waals surface area contributed by atoms with Gasteiger partial charge in [0.2, 0.25) is 0 Å². The molecule has 0 spiro atoms. The van der Waals surface area contributed by atoms with Crippen molar-refractivity contribution in [3.63, 3.8) is 0 Å². The van der Waals surface area contributed by atoms with Crippen LogP contribution in [0.3, 0.4) is 0 Å². The van der Waals surface area contributed by atoms with Crippen molar-refractivity contribution in [3.05, 3.63) is 54.4 Å². The molecular formula is C23H29N3O2S. The third-order valence-corrected chi connectivity index (χ3v) is 7.63. The van der Waals surface area contributed by atoms with Crippen molar-refractivity contribution >= 4 is 26.7 Å². The number of hydrogen-bond donors (Lipinski definition) is 0. The highest BCUT2D eigenvalue weighted by atomic mass is 32.2. The molecule has 29 heavy (non-hydrogen) atoms. The molecule has 154 valence electrons. The average Bonchev–Trinajstić information content (AvgIpc) is 3.03. The summed E-state index contributed by atoms with van der Waals surface area (Å²) in [7, 11) is -2.01. The SMILES string of the molecule is CN(c1ccc2c(c1)nc(C(C)(C)C)n2CC1CCC1)S(=O)(=O)c1ccccc1. The number of benzene rings is 2. The van der Waals surface area contributed by atoms with Crippen molar-refractivity contribution in [2.45, 2.75) is 56.9 Å². The highest BCUT2D eigenvalue weighted by Crippen LogP contribution is 2.34. The lowest BCUT2D eigenvalue weighted by Gasteiger charge is -2.29. The summed E-state index contributed by atoms with van der Waals surface area (Å²) in [6.07, 6.45) is 3.87. The lowest BCUT2D eigenvalue weighted by molar-refractivity contribution is 0.272. The number of rotatable bonds is 5. The zero-order valence-corrected chi connectivity index (χ0v) is 18.4. The molecule has 0 unspecified atom stereocenters. The third kappa shape index (κ3) is 3.66. The molecule has 0 aliphatic heterocycles. The first-order valence-corrected chi connectivity index (χ1v) is 11.7. The number of sulfonamides is 1. The molecule has 1 heterocycles. The van der Waals surface area contributed by atoms with Crippen molar-refractivity contribution in [3.8, 4) is 0 Å². The molecule has 5 nitrogen and oxygen atoms in total. The predicted molar refractivity (Wildman–Crippen MR) is 118 cm³/mol. The Morgan fingerprint density at radius 1 is 1.10 bits per heavy atom. The lowest BCUT2D eigenvalue weighted by Crippen LogP contribution is -2.26. The molecule has 0 amide bonds. The van der Waals surface area contributed by atoms with Crippen LogP contribution in [-0.2, 0) is 22.0 Å². The van der Waals surface area contributed by atoms with Gasteiger partial charge in [-0.05, 0) is 49.1 Å². The van der Waals surface area contributed by atoms with E-state index in [0.717, 1.165) is 23.4 Å². The Morgan fingerprint density at radius 2 is 1.79 bits per heavy atom. The van der Waals surface area contributed by atoms with Crippen molar-refractivity contribution in [2.75, 3.05) is 11.4 Å². The molecule has 1 aromatic heterocycles. The standard InChI is InChI=1S/C23H29N3O2S/c1-23(2,3)22-24-20-15-18(13-14-21(20)26(22)16-17-9-8-10-17)25(4)29(27,28)19-11-6-5-7-12-19/h5-7,11-15,17H,8-10,16H2,1-4H3. The van der Waals surface area contributed by atoms with Gasteiger partial charge in [-0.15, -0.1) is 0 Å². The molecular weight excluding hydrogens is 382 g/mol. The van der Waals surface area contributed by atoms with Gasteiger partial charge in [0, 0.05) is 19.0 Å². The number of nitrogens with zero attached hydrogens (tertiary/aromatic N) is 3. The summed E-state index contributed by atoms with van der Waals surface area (Å²) in [6, 6.07) is 14.3. The molecule has 0 N–H and O–H groups in total. The number of aromatic nitrogens is 2. The second-order valence-electron chi connectivity index (χ2n) is 9.05. The predicted octanol–water partition coefficient (Wildman–Crippen LogP) is 4.96. The maximum atomic E-state index is 13.0. The van der Waals surface area contributed by atoms with Gasteiger partial charge in [-0.3, -0.25) is 4.31 Å². The van der Waals surface area contributed by atoms with Crippen LogP contribution in [-0.4, -0.2) is 25.0 Å². The normalized spacial score (nSPS) is 15.4. The van der Waals surface area contributed by atoms with Crippen LogP contribution in [0, 0.1) is 5.92 Å². The Hall–Kier alpha value is -2.34. The summed E-state index contributed by atoms with van der Waals surface area (Å²) in [5.74, 6) is 1.78. The first-order valence-electron chi connectivity index (χ1n) is 10.2. The van der Waals surface area contributed by atoms with Crippen LogP contribution in [0.1, 0.15) is 45.9 Å². The van der Waals surface area contributed by atoms with Gasteiger partial charge in [-0.25, -0.2) is 13.4 Å². The highest BCUT2D eigenvalue weighted by molar-refractivity contribution is 7.92. The molecule has 0 saturated heterocycles. The average molecular weight is 412 g/mol. The smallest absolute Gasteiger partial charge is 0.264 e. The molecule has 1 aliphatic rings. The minimum absolute atomic E-state index is 0.0784. The first-order chi connectivity index (χ1) is 13.7. The Kier molecular flexibility index (Phi) is 4.93. The Morgan fingerprint density at radius 3 is 2.38 bits per heavy atom. The van der Waals surface area contributed by atoms with E-state index in [0.29, 0.717) is 11.6 Å². The first kappa shape index (κ1) is 20.0. The van der Waals surface area contributed by atoms with Gasteiger partial charge in [0.1, 0.15) is 5.82 Å². The van der Waals surface area contributed by atoms with Gasteiger partial charge in [-0.1, -0.05) is 45.4 Å². The van der Waals surface area contributed by atoms with E-state index in [1.54, 1.807) is 31.3 Å². The van der Waals surface area contributed by atoms with Crippen LogP contribution >= 0.6 is 0 Å². The van der Waals surface area contributed by atoms with Gasteiger partial charge in [0.15, 0.2) is 0 Å². The molecule has 0 atom stereocenters. The second kappa shape index (κ2) is 7.17. The molecule has 1 aliphatic carbocycles. The third-order valence-electron chi connectivity index (χ3n) is 5.83. The molecule has 1 fully saturated rings. The van der Waals surface area contributed by atoms with Gasteiger partial charge in [-0.2, -0.15) is 0 Å². The fraction of sp³-hybridized carbons (Fsp3) is 0.435.